The fraction of sp³-hybridized carbons (Fsp3) is 0.769. The van der Waals surface area contributed by atoms with Crippen molar-refractivity contribution in [2.24, 2.45) is 5.92 Å². The highest BCUT2D eigenvalue weighted by Crippen LogP contribution is 2.29. The molecule has 1 saturated heterocycles. The molecule has 0 aromatic carbocycles. The second-order valence-electron chi connectivity index (χ2n) is 5.21. The number of aliphatic hydroxyl groups excluding tert-OH is 1. The van der Waals surface area contributed by atoms with Gasteiger partial charge in [-0.1, -0.05) is 13.8 Å². The van der Waals surface area contributed by atoms with E-state index in [0.717, 1.165) is 49.4 Å². The van der Waals surface area contributed by atoms with Crippen molar-refractivity contribution in [2.75, 3.05) is 13.2 Å². The van der Waals surface area contributed by atoms with Gasteiger partial charge in [0.2, 0.25) is 0 Å². The van der Waals surface area contributed by atoms with Crippen molar-refractivity contribution in [1.29, 1.82) is 0 Å². The smallest absolute Gasteiger partial charge is 0.0718 e. The van der Waals surface area contributed by atoms with Crippen molar-refractivity contribution in [3.05, 3.63) is 17.0 Å². The van der Waals surface area contributed by atoms with Crippen LogP contribution in [-0.2, 0) is 17.8 Å². The van der Waals surface area contributed by atoms with Gasteiger partial charge in [-0.25, -0.2) is 0 Å². The first-order valence-corrected chi connectivity index (χ1v) is 6.47. The predicted molar refractivity (Wildman–Crippen MR) is 65.8 cm³/mol. The van der Waals surface area contributed by atoms with Gasteiger partial charge in [0.15, 0.2) is 0 Å². The summed E-state index contributed by atoms with van der Waals surface area (Å²) < 4.78 is 5.37. The molecule has 0 aliphatic carbocycles. The Morgan fingerprint density at radius 3 is 2.71 bits per heavy atom. The van der Waals surface area contributed by atoms with Crippen molar-refractivity contribution in [2.45, 2.75) is 45.6 Å². The number of H-pyrrole nitrogens is 1. The van der Waals surface area contributed by atoms with Crippen molar-refractivity contribution in [1.82, 2.24) is 10.2 Å². The number of hydrogen-bond acceptors (Lipinski definition) is 3. The van der Waals surface area contributed by atoms with Crippen molar-refractivity contribution in [3.63, 3.8) is 0 Å². The molecule has 0 radical (unpaired) electrons. The molecule has 1 aliphatic rings. The van der Waals surface area contributed by atoms with Gasteiger partial charge in [0, 0.05) is 30.4 Å². The topological polar surface area (TPSA) is 58.1 Å². The largest absolute Gasteiger partial charge is 0.392 e. The Bertz CT molecular complexity index is 354. The standard InChI is InChI=1S/C13H22N2O2/c1-9(2)7-12-11(8-16)13(15-14-12)10-3-5-17-6-4-10/h9-10,16H,3-8H2,1-2H3,(H,14,15). The number of rotatable bonds is 4. The lowest BCUT2D eigenvalue weighted by Crippen LogP contribution is -2.15. The van der Waals surface area contributed by atoms with E-state index in [2.05, 4.69) is 24.0 Å². The number of ether oxygens (including phenoxy) is 1. The van der Waals surface area contributed by atoms with Crippen LogP contribution >= 0.6 is 0 Å². The molecule has 96 valence electrons. The number of hydrogen-bond donors (Lipinski definition) is 2. The summed E-state index contributed by atoms with van der Waals surface area (Å²) in [4.78, 5) is 0. The molecule has 0 unspecified atom stereocenters. The highest BCUT2D eigenvalue weighted by Gasteiger charge is 2.23. The molecule has 17 heavy (non-hydrogen) atoms. The maximum atomic E-state index is 9.54. The highest BCUT2D eigenvalue weighted by molar-refractivity contribution is 5.28. The molecule has 1 aliphatic heterocycles. The third-order valence-corrected chi connectivity index (χ3v) is 3.36. The first-order chi connectivity index (χ1) is 8.22. The third-order valence-electron chi connectivity index (χ3n) is 3.36. The molecule has 0 amide bonds. The Hall–Kier alpha value is -0.870. The van der Waals surface area contributed by atoms with Gasteiger partial charge < -0.3 is 9.84 Å². The summed E-state index contributed by atoms with van der Waals surface area (Å²) in [6.45, 7) is 6.06. The average Bonchev–Trinajstić information content (AvgIpc) is 2.72. The second kappa shape index (κ2) is 5.65. The lowest BCUT2D eigenvalue weighted by Gasteiger charge is -2.21. The molecule has 4 heteroatoms. The van der Waals surface area contributed by atoms with Crippen LogP contribution in [0.2, 0.25) is 0 Å². The van der Waals surface area contributed by atoms with Crippen molar-refractivity contribution in [3.8, 4) is 0 Å². The van der Waals surface area contributed by atoms with E-state index in [9.17, 15) is 5.11 Å². The van der Waals surface area contributed by atoms with E-state index < -0.39 is 0 Å². The molecule has 1 aromatic heterocycles. The van der Waals surface area contributed by atoms with E-state index in [1.165, 1.54) is 0 Å². The fourth-order valence-corrected chi connectivity index (χ4v) is 2.48. The Labute approximate surface area is 102 Å². The van der Waals surface area contributed by atoms with Crippen LogP contribution in [-0.4, -0.2) is 28.5 Å². The molecule has 4 nitrogen and oxygen atoms in total. The molecule has 0 saturated carbocycles. The number of nitrogens with zero attached hydrogens (tertiary/aromatic N) is 1. The minimum absolute atomic E-state index is 0.0885. The van der Waals surface area contributed by atoms with Crippen molar-refractivity contribution >= 4 is 0 Å². The van der Waals surface area contributed by atoms with Gasteiger partial charge in [0.1, 0.15) is 0 Å². The van der Waals surface area contributed by atoms with Gasteiger partial charge in [-0.05, 0) is 25.2 Å². The van der Waals surface area contributed by atoms with Gasteiger partial charge in [-0.2, -0.15) is 5.10 Å². The normalized spacial score (nSPS) is 17.9. The van der Waals surface area contributed by atoms with Crippen LogP contribution in [0.5, 0.6) is 0 Å². The van der Waals surface area contributed by atoms with Crippen LogP contribution in [0.15, 0.2) is 0 Å². The SMILES string of the molecule is CC(C)Cc1[nH]nc(C2CCOCC2)c1CO. The summed E-state index contributed by atoms with van der Waals surface area (Å²) in [5.74, 6) is 1.02. The van der Waals surface area contributed by atoms with Gasteiger partial charge in [-0.3, -0.25) is 5.10 Å². The van der Waals surface area contributed by atoms with Crippen LogP contribution in [0.25, 0.3) is 0 Å². The third kappa shape index (κ3) is 2.87. The minimum atomic E-state index is 0.0885. The van der Waals surface area contributed by atoms with Crippen LogP contribution in [0.4, 0.5) is 0 Å². The Morgan fingerprint density at radius 2 is 2.12 bits per heavy atom. The number of aliphatic hydroxyl groups is 1. The zero-order chi connectivity index (χ0) is 12.3. The number of aromatic amines is 1. The van der Waals surface area contributed by atoms with Gasteiger partial charge in [0.05, 0.1) is 12.3 Å². The molecule has 1 aromatic rings. The zero-order valence-corrected chi connectivity index (χ0v) is 10.7. The van der Waals surface area contributed by atoms with Gasteiger partial charge >= 0.3 is 0 Å². The summed E-state index contributed by atoms with van der Waals surface area (Å²) in [5, 5.41) is 17.1. The lowest BCUT2D eigenvalue weighted by molar-refractivity contribution is 0.0840. The first-order valence-electron chi connectivity index (χ1n) is 6.47. The molecular formula is C13H22N2O2. The van der Waals surface area contributed by atoms with E-state index in [1.54, 1.807) is 0 Å². The molecule has 2 N–H and O–H groups in total. The van der Waals surface area contributed by atoms with Gasteiger partial charge in [0.25, 0.3) is 0 Å². The lowest BCUT2D eigenvalue weighted by atomic mass is 9.92. The van der Waals surface area contributed by atoms with Crippen LogP contribution < -0.4 is 0 Å². The predicted octanol–water partition coefficient (Wildman–Crippen LogP) is 1.99. The first kappa shape index (κ1) is 12.6. The molecule has 2 heterocycles. The van der Waals surface area contributed by atoms with Crippen LogP contribution in [0, 0.1) is 5.92 Å². The summed E-state index contributed by atoms with van der Waals surface area (Å²) in [7, 11) is 0. The summed E-state index contributed by atoms with van der Waals surface area (Å²) >= 11 is 0. The minimum Gasteiger partial charge on any atom is -0.392 e. The maximum absolute atomic E-state index is 9.54. The Morgan fingerprint density at radius 1 is 1.41 bits per heavy atom. The second-order valence-corrected chi connectivity index (χ2v) is 5.21. The number of nitrogens with one attached hydrogen (secondary N) is 1. The molecule has 0 atom stereocenters. The molecular weight excluding hydrogens is 216 g/mol. The average molecular weight is 238 g/mol. The van der Waals surface area contributed by atoms with Crippen molar-refractivity contribution < 1.29 is 9.84 Å². The molecule has 0 spiro atoms. The zero-order valence-electron chi connectivity index (χ0n) is 10.7. The highest BCUT2D eigenvalue weighted by atomic mass is 16.5. The molecule has 2 rings (SSSR count). The van der Waals surface area contributed by atoms with E-state index in [0.29, 0.717) is 11.8 Å². The molecule has 0 bridgehead atoms. The van der Waals surface area contributed by atoms with E-state index in [4.69, 9.17) is 4.74 Å². The Kier molecular flexibility index (Phi) is 4.18. The molecule has 1 fully saturated rings. The maximum Gasteiger partial charge on any atom is 0.0718 e. The van der Waals surface area contributed by atoms with E-state index >= 15 is 0 Å². The quantitative estimate of drug-likeness (QED) is 0.843. The fourth-order valence-electron chi connectivity index (χ4n) is 2.48. The Balaban J connectivity index is 2.18. The van der Waals surface area contributed by atoms with E-state index in [-0.39, 0.29) is 6.61 Å². The summed E-state index contributed by atoms with van der Waals surface area (Å²) in [5.41, 5.74) is 3.18. The summed E-state index contributed by atoms with van der Waals surface area (Å²) in [6, 6.07) is 0. The van der Waals surface area contributed by atoms with Gasteiger partial charge in [-0.15, -0.1) is 0 Å². The van der Waals surface area contributed by atoms with E-state index in [1.807, 2.05) is 0 Å². The number of aromatic nitrogens is 2. The van der Waals surface area contributed by atoms with Crippen LogP contribution in [0.3, 0.4) is 0 Å². The monoisotopic (exact) mass is 238 g/mol. The van der Waals surface area contributed by atoms with Crippen LogP contribution in [0.1, 0.15) is 49.6 Å². The summed E-state index contributed by atoms with van der Waals surface area (Å²) in [6.07, 6.45) is 2.98.